The van der Waals surface area contributed by atoms with Crippen LogP contribution in [0.5, 0.6) is 0 Å². The van der Waals surface area contributed by atoms with Crippen LogP contribution in [0.4, 0.5) is 0 Å². The molecule has 0 bridgehead atoms. The van der Waals surface area contributed by atoms with Crippen LogP contribution in [0.1, 0.15) is 90.9 Å². The van der Waals surface area contributed by atoms with E-state index in [2.05, 4.69) is 23.6 Å². The zero-order chi connectivity index (χ0) is 23.5. The summed E-state index contributed by atoms with van der Waals surface area (Å²) in [5.41, 5.74) is 0. The summed E-state index contributed by atoms with van der Waals surface area (Å²) in [6.07, 6.45) is 15.6. The Hall–Kier alpha value is -0.240. The predicted octanol–water partition coefficient (Wildman–Crippen LogP) is 4.33. The van der Waals surface area contributed by atoms with Gasteiger partial charge in [0.1, 0.15) is 0 Å². The molecule has 0 rings (SSSR count). The first-order valence-corrected chi connectivity index (χ1v) is 13.6. The van der Waals surface area contributed by atoms with Crippen LogP contribution < -0.4 is 0 Å². The minimum atomic E-state index is 0.210. The number of aliphatic hydroxyl groups is 2. The lowest BCUT2D eigenvalue weighted by Gasteiger charge is -2.22. The second kappa shape index (κ2) is 27.0. The SMILES string of the molecule is CCCCCCCCN(CCO)CCOCCOCCN(CCO)CCCCCCCC. The van der Waals surface area contributed by atoms with Gasteiger partial charge in [-0.25, -0.2) is 0 Å². The fourth-order valence-corrected chi connectivity index (χ4v) is 3.89. The predicted molar refractivity (Wildman–Crippen MR) is 135 cm³/mol. The van der Waals surface area contributed by atoms with Crippen molar-refractivity contribution in [1.82, 2.24) is 9.80 Å². The van der Waals surface area contributed by atoms with Crippen molar-refractivity contribution in [3.63, 3.8) is 0 Å². The van der Waals surface area contributed by atoms with Crippen molar-refractivity contribution < 1.29 is 19.7 Å². The van der Waals surface area contributed by atoms with Gasteiger partial charge in [-0.1, -0.05) is 78.1 Å². The Morgan fingerprint density at radius 2 is 0.812 bits per heavy atom. The Labute approximate surface area is 199 Å². The summed E-state index contributed by atoms with van der Waals surface area (Å²) in [5.74, 6) is 0. The van der Waals surface area contributed by atoms with Gasteiger partial charge in [0.25, 0.3) is 0 Å². The standard InChI is InChI=1S/C26H56N2O4/c1-3-5-7-9-11-13-15-27(17-21-29)19-23-31-25-26-32-24-20-28(18-22-30)16-14-12-10-8-6-4-2/h29-30H,3-26H2,1-2H3. The Balaban J connectivity index is 3.65. The van der Waals surface area contributed by atoms with Gasteiger partial charge in [-0.05, 0) is 25.9 Å². The number of ether oxygens (including phenoxy) is 2. The van der Waals surface area contributed by atoms with Gasteiger partial charge in [0.15, 0.2) is 0 Å². The average Bonchev–Trinajstić information content (AvgIpc) is 2.79. The quantitative estimate of drug-likeness (QED) is 0.178. The Bertz CT molecular complexity index is 316. The molecule has 6 nitrogen and oxygen atoms in total. The highest BCUT2D eigenvalue weighted by Gasteiger charge is 2.05. The summed E-state index contributed by atoms with van der Waals surface area (Å²) < 4.78 is 11.5. The molecular weight excluding hydrogens is 404 g/mol. The minimum absolute atomic E-state index is 0.210. The molecule has 6 heteroatoms. The summed E-state index contributed by atoms with van der Waals surface area (Å²) >= 11 is 0. The summed E-state index contributed by atoms with van der Waals surface area (Å²) in [6.45, 7) is 12.8. The monoisotopic (exact) mass is 460 g/mol. The molecule has 194 valence electrons. The van der Waals surface area contributed by atoms with E-state index in [1.54, 1.807) is 0 Å². The molecule has 0 radical (unpaired) electrons. The maximum atomic E-state index is 9.27. The number of nitrogens with zero attached hydrogens (tertiary/aromatic N) is 2. The van der Waals surface area contributed by atoms with E-state index < -0.39 is 0 Å². The van der Waals surface area contributed by atoms with Gasteiger partial charge in [-0.3, -0.25) is 9.80 Å². The van der Waals surface area contributed by atoms with Crippen LogP contribution in [0.25, 0.3) is 0 Å². The fraction of sp³-hybridized carbons (Fsp3) is 1.00. The van der Waals surface area contributed by atoms with Crippen molar-refractivity contribution in [1.29, 1.82) is 0 Å². The number of hydrogen-bond acceptors (Lipinski definition) is 6. The molecule has 0 aliphatic heterocycles. The van der Waals surface area contributed by atoms with Gasteiger partial charge in [0, 0.05) is 26.2 Å². The third-order valence-corrected chi connectivity index (χ3v) is 5.96. The van der Waals surface area contributed by atoms with Crippen molar-refractivity contribution >= 4 is 0 Å². The number of unbranched alkanes of at least 4 members (excludes halogenated alkanes) is 10. The number of aliphatic hydroxyl groups excluding tert-OH is 2. The van der Waals surface area contributed by atoms with Crippen molar-refractivity contribution in [3.05, 3.63) is 0 Å². The second-order valence-corrected chi connectivity index (χ2v) is 8.89. The Morgan fingerprint density at radius 1 is 0.438 bits per heavy atom. The van der Waals surface area contributed by atoms with Crippen molar-refractivity contribution in [3.8, 4) is 0 Å². The van der Waals surface area contributed by atoms with E-state index in [0.717, 1.165) is 39.3 Å². The lowest BCUT2D eigenvalue weighted by molar-refractivity contribution is 0.0282. The summed E-state index contributed by atoms with van der Waals surface area (Å²) in [7, 11) is 0. The average molecular weight is 461 g/mol. The van der Waals surface area contributed by atoms with Crippen molar-refractivity contribution in [2.45, 2.75) is 90.9 Å². The first kappa shape index (κ1) is 31.8. The molecule has 2 N–H and O–H groups in total. The first-order chi connectivity index (χ1) is 15.8. The minimum Gasteiger partial charge on any atom is -0.395 e. The van der Waals surface area contributed by atoms with Crippen LogP contribution in [-0.2, 0) is 9.47 Å². The van der Waals surface area contributed by atoms with Crippen LogP contribution in [0.15, 0.2) is 0 Å². The zero-order valence-electron chi connectivity index (χ0n) is 21.6. The summed E-state index contributed by atoms with van der Waals surface area (Å²) in [4.78, 5) is 4.60. The van der Waals surface area contributed by atoms with Crippen LogP contribution >= 0.6 is 0 Å². The molecule has 0 atom stereocenters. The molecule has 0 unspecified atom stereocenters. The van der Waals surface area contributed by atoms with E-state index in [1.807, 2.05) is 0 Å². The molecule has 0 amide bonds. The van der Waals surface area contributed by atoms with Crippen LogP contribution in [0, 0.1) is 0 Å². The van der Waals surface area contributed by atoms with Crippen LogP contribution in [-0.4, -0.2) is 98.9 Å². The maximum absolute atomic E-state index is 9.27. The number of rotatable bonds is 27. The Kier molecular flexibility index (Phi) is 26.8. The van der Waals surface area contributed by atoms with Crippen LogP contribution in [0.3, 0.4) is 0 Å². The van der Waals surface area contributed by atoms with E-state index in [-0.39, 0.29) is 13.2 Å². The van der Waals surface area contributed by atoms with Gasteiger partial charge in [0.05, 0.1) is 39.6 Å². The molecule has 0 heterocycles. The molecule has 0 aromatic carbocycles. The summed E-state index contributed by atoms with van der Waals surface area (Å²) in [5, 5.41) is 18.5. The van der Waals surface area contributed by atoms with E-state index in [0.29, 0.717) is 26.4 Å². The second-order valence-electron chi connectivity index (χ2n) is 8.89. The summed E-state index contributed by atoms with van der Waals surface area (Å²) in [6, 6.07) is 0. The van der Waals surface area contributed by atoms with E-state index in [1.165, 1.54) is 77.0 Å². The molecule has 0 fully saturated rings. The molecule has 0 aliphatic carbocycles. The molecule has 0 saturated carbocycles. The van der Waals surface area contributed by atoms with Gasteiger partial charge in [-0.2, -0.15) is 0 Å². The zero-order valence-corrected chi connectivity index (χ0v) is 21.6. The van der Waals surface area contributed by atoms with Crippen LogP contribution in [0.2, 0.25) is 0 Å². The highest BCUT2D eigenvalue weighted by Crippen LogP contribution is 2.07. The molecule has 0 saturated heterocycles. The van der Waals surface area contributed by atoms with Gasteiger partial charge in [0.2, 0.25) is 0 Å². The lowest BCUT2D eigenvalue weighted by Crippen LogP contribution is -2.32. The van der Waals surface area contributed by atoms with E-state index >= 15 is 0 Å². The largest absolute Gasteiger partial charge is 0.395 e. The van der Waals surface area contributed by atoms with E-state index in [4.69, 9.17) is 9.47 Å². The molecule has 0 aliphatic rings. The molecule has 32 heavy (non-hydrogen) atoms. The molecular formula is C26H56N2O4. The normalized spacial score (nSPS) is 11.8. The van der Waals surface area contributed by atoms with Gasteiger partial charge in [-0.15, -0.1) is 0 Å². The van der Waals surface area contributed by atoms with Crippen molar-refractivity contribution in [2.24, 2.45) is 0 Å². The molecule has 0 aromatic rings. The van der Waals surface area contributed by atoms with Gasteiger partial charge < -0.3 is 19.7 Å². The third-order valence-electron chi connectivity index (χ3n) is 5.96. The Morgan fingerprint density at radius 3 is 1.19 bits per heavy atom. The molecule has 0 spiro atoms. The highest BCUT2D eigenvalue weighted by molar-refractivity contribution is 4.59. The highest BCUT2D eigenvalue weighted by atomic mass is 16.5. The lowest BCUT2D eigenvalue weighted by atomic mass is 10.1. The topological polar surface area (TPSA) is 65.4 Å². The molecule has 0 aromatic heterocycles. The first-order valence-electron chi connectivity index (χ1n) is 13.6. The fourth-order valence-electron chi connectivity index (χ4n) is 3.89. The van der Waals surface area contributed by atoms with E-state index in [9.17, 15) is 10.2 Å². The van der Waals surface area contributed by atoms with Gasteiger partial charge >= 0.3 is 0 Å². The maximum Gasteiger partial charge on any atom is 0.0701 e. The number of hydrogen-bond donors (Lipinski definition) is 2. The van der Waals surface area contributed by atoms with Crippen molar-refractivity contribution in [2.75, 3.05) is 78.9 Å². The third kappa shape index (κ3) is 22.9. The smallest absolute Gasteiger partial charge is 0.0701 e.